The van der Waals surface area contributed by atoms with Crippen molar-refractivity contribution in [1.29, 1.82) is 0 Å². The second kappa shape index (κ2) is 9.15. The lowest BCUT2D eigenvalue weighted by Crippen LogP contribution is -2.38. The van der Waals surface area contributed by atoms with Gasteiger partial charge in [0.2, 0.25) is 0 Å². The summed E-state index contributed by atoms with van der Waals surface area (Å²) in [7, 11) is 0. The zero-order chi connectivity index (χ0) is 18.2. The molecule has 2 N–H and O–H groups in total. The van der Waals surface area contributed by atoms with Crippen LogP contribution in [0.5, 0.6) is 0 Å². The van der Waals surface area contributed by atoms with E-state index in [4.69, 9.17) is 4.52 Å². The molecule has 7 heteroatoms. The van der Waals surface area contributed by atoms with Crippen LogP contribution in [0, 0.1) is 11.6 Å². The van der Waals surface area contributed by atoms with Gasteiger partial charge in [-0.05, 0) is 30.9 Å². The maximum absolute atomic E-state index is 13.6. The van der Waals surface area contributed by atoms with Gasteiger partial charge in [0.1, 0.15) is 18.2 Å². The molecule has 0 amide bonds. The first-order valence-corrected chi connectivity index (χ1v) is 8.41. The van der Waals surface area contributed by atoms with Crippen LogP contribution in [-0.4, -0.2) is 24.2 Å². The van der Waals surface area contributed by atoms with E-state index >= 15 is 0 Å². The fourth-order valence-corrected chi connectivity index (χ4v) is 2.21. The summed E-state index contributed by atoms with van der Waals surface area (Å²) in [6.45, 7) is 7.59. The van der Waals surface area contributed by atoms with Crippen LogP contribution >= 0.6 is 0 Å². The van der Waals surface area contributed by atoms with Gasteiger partial charge in [-0.25, -0.2) is 13.8 Å². The van der Waals surface area contributed by atoms with E-state index in [1.165, 1.54) is 12.1 Å². The molecule has 1 aromatic heterocycles. The van der Waals surface area contributed by atoms with Gasteiger partial charge in [0.15, 0.2) is 11.7 Å². The Morgan fingerprint density at radius 2 is 2.04 bits per heavy atom. The monoisotopic (exact) mass is 350 g/mol. The fraction of sp³-hybridized carbons (Fsp3) is 0.444. The van der Waals surface area contributed by atoms with Crippen LogP contribution in [0.2, 0.25) is 0 Å². The van der Waals surface area contributed by atoms with E-state index in [1.807, 2.05) is 26.8 Å². The van der Waals surface area contributed by atoms with Gasteiger partial charge in [-0.3, -0.25) is 0 Å². The van der Waals surface area contributed by atoms with Crippen LogP contribution in [0.15, 0.2) is 33.8 Å². The molecule has 0 atom stereocenters. The molecule has 0 bridgehead atoms. The van der Waals surface area contributed by atoms with Crippen molar-refractivity contribution in [3.63, 3.8) is 0 Å². The molecule has 0 aliphatic heterocycles. The Balaban J connectivity index is 1.90. The third-order valence-corrected chi connectivity index (χ3v) is 3.61. The Morgan fingerprint density at radius 1 is 1.24 bits per heavy atom. The average Bonchev–Trinajstić information content (AvgIpc) is 3.04. The first kappa shape index (κ1) is 18.9. The van der Waals surface area contributed by atoms with E-state index in [0.717, 1.165) is 11.8 Å². The molecule has 0 unspecified atom stereocenters. The number of aliphatic imine (C=N–C) groups is 1. The molecule has 25 heavy (non-hydrogen) atoms. The SMILES string of the molecule is CCNC(=NCc1cc(C(C)C)no1)NCCc1ccc(F)cc1F. The molecule has 0 aliphatic rings. The summed E-state index contributed by atoms with van der Waals surface area (Å²) in [6.07, 6.45) is 0.427. The molecule has 2 rings (SSSR count). The van der Waals surface area contributed by atoms with Crippen molar-refractivity contribution >= 4 is 5.96 Å². The number of benzene rings is 1. The minimum atomic E-state index is -0.572. The summed E-state index contributed by atoms with van der Waals surface area (Å²) >= 11 is 0. The summed E-state index contributed by atoms with van der Waals surface area (Å²) in [4.78, 5) is 4.43. The maximum atomic E-state index is 13.6. The van der Waals surface area contributed by atoms with Gasteiger partial charge in [-0.15, -0.1) is 0 Å². The summed E-state index contributed by atoms with van der Waals surface area (Å²) in [5.41, 5.74) is 1.36. The van der Waals surface area contributed by atoms with Gasteiger partial charge in [0, 0.05) is 25.2 Å². The van der Waals surface area contributed by atoms with Crippen molar-refractivity contribution in [3.05, 3.63) is 52.9 Å². The summed E-state index contributed by atoms with van der Waals surface area (Å²) in [5.74, 6) is 0.486. The molecule has 1 aromatic carbocycles. The number of aromatic nitrogens is 1. The van der Waals surface area contributed by atoms with Crippen molar-refractivity contribution in [1.82, 2.24) is 15.8 Å². The van der Waals surface area contributed by atoms with Crippen LogP contribution in [0.4, 0.5) is 8.78 Å². The second-order valence-corrected chi connectivity index (χ2v) is 5.98. The summed E-state index contributed by atoms with van der Waals surface area (Å²) < 4.78 is 31.8. The van der Waals surface area contributed by atoms with Gasteiger partial charge >= 0.3 is 0 Å². The molecule has 0 saturated heterocycles. The van der Waals surface area contributed by atoms with Gasteiger partial charge in [0.25, 0.3) is 0 Å². The number of nitrogens with zero attached hydrogens (tertiary/aromatic N) is 2. The maximum Gasteiger partial charge on any atom is 0.191 e. The molecule has 0 spiro atoms. The molecule has 2 aromatic rings. The standard InChI is InChI=1S/C18H24F2N4O/c1-4-21-18(23-11-15-10-17(12(2)3)24-25-15)22-8-7-13-5-6-14(19)9-16(13)20/h5-6,9-10,12H,4,7-8,11H2,1-3H3,(H2,21,22,23). The van der Waals surface area contributed by atoms with Crippen molar-refractivity contribution in [2.45, 2.75) is 39.7 Å². The van der Waals surface area contributed by atoms with E-state index in [-0.39, 0.29) is 0 Å². The minimum absolute atomic E-state index is 0.304. The lowest BCUT2D eigenvalue weighted by Gasteiger charge is -2.11. The highest BCUT2D eigenvalue weighted by Gasteiger charge is 2.08. The Labute approximate surface area is 146 Å². The van der Waals surface area contributed by atoms with E-state index in [1.54, 1.807) is 0 Å². The molecule has 136 valence electrons. The quantitative estimate of drug-likeness (QED) is 0.594. The Hall–Kier alpha value is -2.44. The Bertz CT molecular complexity index is 713. The molecule has 0 saturated carbocycles. The van der Waals surface area contributed by atoms with Crippen molar-refractivity contribution in [3.8, 4) is 0 Å². The molecule has 0 fully saturated rings. The predicted molar refractivity (Wildman–Crippen MR) is 93.5 cm³/mol. The van der Waals surface area contributed by atoms with Crippen LogP contribution in [-0.2, 0) is 13.0 Å². The average molecular weight is 350 g/mol. The normalized spacial score (nSPS) is 11.8. The number of hydrogen-bond donors (Lipinski definition) is 2. The Morgan fingerprint density at radius 3 is 2.68 bits per heavy atom. The molecule has 0 aliphatic carbocycles. The number of nitrogens with one attached hydrogen (secondary N) is 2. The highest BCUT2D eigenvalue weighted by molar-refractivity contribution is 5.79. The zero-order valence-electron chi connectivity index (χ0n) is 14.8. The van der Waals surface area contributed by atoms with E-state index in [0.29, 0.717) is 49.3 Å². The first-order chi connectivity index (χ1) is 12.0. The van der Waals surface area contributed by atoms with Crippen LogP contribution in [0.3, 0.4) is 0 Å². The van der Waals surface area contributed by atoms with Crippen molar-refractivity contribution < 1.29 is 13.3 Å². The van der Waals surface area contributed by atoms with Crippen LogP contribution < -0.4 is 10.6 Å². The Kier molecular flexibility index (Phi) is 6.91. The number of rotatable bonds is 7. The summed E-state index contributed by atoms with van der Waals surface area (Å²) in [6, 6.07) is 5.50. The molecule has 0 radical (unpaired) electrons. The van der Waals surface area contributed by atoms with Crippen LogP contribution in [0.1, 0.15) is 43.7 Å². The van der Waals surface area contributed by atoms with Gasteiger partial charge in [0.05, 0.1) is 5.69 Å². The number of halogens is 2. The summed E-state index contributed by atoms with van der Waals surface area (Å²) in [5, 5.41) is 10.2. The van der Waals surface area contributed by atoms with E-state index in [9.17, 15) is 8.78 Å². The topological polar surface area (TPSA) is 62.5 Å². The largest absolute Gasteiger partial charge is 0.359 e. The van der Waals surface area contributed by atoms with Gasteiger partial charge in [-0.2, -0.15) is 0 Å². The third-order valence-electron chi connectivity index (χ3n) is 3.61. The minimum Gasteiger partial charge on any atom is -0.359 e. The van der Waals surface area contributed by atoms with Crippen molar-refractivity contribution in [2.24, 2.45) is 4.99 Å². The molecular formula is C18H24F2N4O. The zero-order valence-corrected chi connectivity index (χ0v) is 14.8. The number of guanidine groups is 1. The number of hydrogen-bond acceptors (Lipinski definition) is 3. The molecule has 1 heterocycles. The van der Waals surface area contributed by atoms with Crippen LogP contribution in [0.25, 0.3) is 0 Å². The lowest BCUT2D eigenvalue weighted by molar-refractivity contribution is 0.376. The van der Waals surface area contributed by atoms with Gasteiger partial charge < -0.3 is 15.2 Å². The lowest BCUT2D eigenvalue weighted by atomic mass is 10.1. The van der Waals surface area contributed by atoms with E-state index in [2.05, 4.69) is 20.8 Å². The molecule has 5 nitrogen and oxygen atoms in total. The fourth-order valence-electron chi connectivity index (χ4n) is 2.21. The molecular weight excluding hydrogens is 326 g/mol. The first-order valence-electron chi connectivity index (χ1n) is 8.41. The van der Waals surface area contributed by atoms with E-state index < -0.39 is 11.6 Å². The predicted octanol–water partition coefficient (Wildman–Crippen LogP) is 3.37. The second-order valence-electron chi connectivity index (χ2n) is 5.98. The van der Waals surface area contributed by atoms with Gasteiger partial charge in [-0.1, -0.05) is 25.1 Å². The van der Waals surface area contributed by atoms with Crippen molar-refractivity contribution in [2.75, 3.05) is 13.1 Å². The highest BCUT2D eigenvalue weighted by Crippen LogP contribution is 2.14. The third kappa shape index (κ3) is 5.85. The highest BCUT2D eigenvalue weighted by atomic mass is 19.1. The smallest absolute Gasteiger partial charge is 0.191 e.